The average Bonchev–Trinajstić information content (AvgIpc) is 3.24. The van der Waals surface area contributed by atoms with Crippen molar-refractivity contribution in [3.63, 3.8) is 0 Å². The number of hydrogen-bond acceptors (Lipinski definition) is 4. The van der Waals surface area contributed by atoms with Gasteiger partial charge in [-0.1, -0.05) is 59.6 Å². The van der Waals surface area contributed by atoms with E-state index in [-0.39, 0.29) is 18.8 Å². The van der Waals surface area contributed by atoms with Gasteiger partial charge in [-0.3, -0.25) is 4.79 Å². The molecular formula is C21H17Cl2NO4. The highest BCUT2D eigenvalue weighted by atomic mass is 35.5. The highest BCUT2D eigenvalue weighted by Gasteiger charge is 2.24. The SMILES string of the molecule is O=C(NC(Cc1ccccc1)C(=O)OCc1ccc(Cl)c(Cl)c1)c1ccco1. The van der Waals surface area contributed by atoms with Crippen molar-refractivity contribution < 1.29 is 18.7 Å². The van der Waals surface area contributed by atoms with Crippen molar-refractivity contribution in [1.29, 1.82) is 0 Å². The molecule has 0 fully saturated rings. The molecule has 0 radical (unpaired) electrons. The summed E-state index contributed by atoms with van der Waals surface area (Å²) in [7, 11) is 0. The number of furan rings is 1. The lowest BCUT2D eigenvalue weighted by molar-refractivity contribution is -0.147. The van der Waals surface area contributed by atoms with Crippen LogP contribution in [0.4, 0.5) is 0 Å². The molecule has 0 spiro atoms. The monoisotopic (exact) mass is 417 g/mol. The molecule has 7 heteroatoms. The number of rotatable bonds is 7. The van der Waals surface area contributed by atoms with Gasteiger partial charge in [-0.15, -0.1) is 0 Å². The number of esters is 1. The largest absolute Gasteiger partial charge is 0.459 e. The lowest BCUT2D eigenvalue weighted by Crippen LogP contribution is -2.43. The molecule has 3 aromatic rings. The number of halogens is 2. The zero-order valence-electron chi connectivity index (χ0n) is 14.7. The molecule has 1 aromatic heterocycles. The van der Waals surface area contributed by atoms with Crippen LogP contribution in [0.5, 0.6) is 0 Å². The van der Waals surface area contributed by atoms with Gasteiger partial charge in [0.05, 0.1) is 16.3 Å². The van der Waals surface area contributed by atoms with Gasteiger partial charge in [0.1, 0.15) is 12.6 Å². The molecule has 1 atom stereocenters. The number of benzene rings is 2. The maximum Gasteiger partial charge on any atom is 0.329 e. The Labute approximate surface area is 172 Å². The maximum atomic E-state index is 12.7. The highest BCUT2D eigenvalue weighted by molar-refractivity contribution is 6.42. The zero-order valence-corrected chi connectivity index (χ0v) is 16.2. The third-order valence-corrected chi connectivity index (χ3v) is 4.72. The van der Waals surface area contributed by atoms with Crippen LogP contribution in [0.3, 0.4) is 0 Å². The Kier molecular flexibility index (Phi) is 6.74. The summed E-state index contributed by atoms with van der Waals surface area (Å²) in [6, 6.07) is 16.6. The van der Waals surface area contributed by atoms with Crippen molar-refractivity contribution in [2.24, 2.45) is 0 Å². The smallest absolute Gasteiger partial charge is 0.329 e. The molecule has 1 N–H and O–H groups in total. The van der Waals surface area contributed by atoms with Crippen LogP contribution in [0.2, 0.25) is 10.0 Å². The molecule has 0 aliphatic rings. The van der Waals surface area contributed by atoms with Crippen molar-refractivity contribution in [1.82, 2.24) is 5.32 Å². The van der Waals surface area contributed by atoms with E-state index in [1.165, 1.54) is 12.3 Å². The van der Waals surface area contributed by atoms with Gasteiger partial charge in [0.25, 0.3) is 5.91 Å². The fourth-order valence-corrected chi connectivity index (χ4v) is 2.89. The molecule has 2 aromatic carbocycles. The summed E-state index contributed by atoms with van der Waals surface area (Å²) in [6.07, 6.45) is 1.68. The molecule has 1 amide bonds. The van der Waals surface area contributed by atoms with Gasteiger partial charge in [0, 0.05) is 6.42 Å². The predicted octanol–water partition coefficient (Wildman–Crippen LogP) is 4.67. The molecule has 144 valence electrons. The number of amides is 1. The first-order chi connectivity index (χ1) is 13.5. The van der Waals surface area contributed by atoms with E-state index < -0.39 is 17.9 Å². The Morgan fingerprint density at radius 3 is 2.43 bits per heavy atom. The molecule has 0 aliphatic carbocycles. The van der Waals surface area contributed by atoms with Gasteiger partial charge in [0.15, 0.2) is 5.76 Å². The Balaban J connectivity index is 1.69. The lowest BCUT2D eigenvalue weighted by atomic mass is 10.1. The topological polar surface area (TPSA) is 68.5 Å². The van der Waals surface area contributed by atoms with Gasteiger partial charge >= 0.3 is 5.97 Å². The van der Waals surface area contributed by atoms with E-state index in [1.54, 1.807) is 24.3 Å². The molecule has 1 heterocycles. The number of nitrogens with one attached hydrogen (secondary N) is 1. The fourth-order valence-electron chi connectivity index (χ4n) is 2.56. The van der Waals surface area contributed by atoms with Gasteiger partial charge in [0.2, 0.25) is 0 Å². The van der Waals surface area contributed by atoms with Crippen molar-refractivity contribution in [2.75, 3.05) is 0 Å². The number of carbonyl (C=O) groups is 2. The van der Waals surface area contributed by atoms with Gasteiger partial charge in [-0.2, -0.15) is 0 Å². The van der Waals surface area contributed by atoms with E-state index in [4.69, 9.17) is 32.4 Å². The predicted molar refractivity (Wildman–Crippen MR) is 106 cm³/mol. The van der Waals surface area contributed by atoms with Gasteiger partial charge < -0.3 is 14.5 Å². The minimum Gasteiger partial charge on any atom is -0.459 e. The Hall–Kier alpha value is -2.76. The zero-order chi connectivity index (χ0) is 19.9. The fraction of sp³-hybridized carbons (Fsp3) is 0.143. The van der Waals surface area contributed by atoms with Crippen LogP contribution in [0.15, 0.2) is 71.3 Å². The molecule has 0 aliphatic heterocycles. The summed E-state index contributed by atoms with van der Waals surface area (Å²) in [4.78, 5) is 25.0. The molecule has 0 bridgehead atoms. The Morgan fingerprint density at radius 1 is 0.964 bits per heavy atom. The van der Waals surface area contributed by atoms with Crippen molar-refractivity contribution >= 4 is 35.1 Å². The summed E-state index contributed by atoms with van der Waals surface area (Å²) in [6.45, 7) is 0.0115. The second-order valence-electron chi connectivity index (χ2n) is 6.05. The summed E-state index contributed by atoms with van der Waals surface area (Å²) in [5, 5.41) is 3.47. The summed E-state index contributed by atoms with van der Waals surface area (Å²) in [5.74, 6) is -0.928. The van der Waals surface area contributed by atoms with Crippen molar-refractivity contribution in [3.8, 4) is 0 Å². The van der Waals surface area contributed by atoms with Crippen LogP contribution in [0, 0.1) is 0 Å². The van der Waals surface area contributed by atoms with E-state index in [2.05, 4.69) is 5.32 Å². The third kappa shape index (κ3) is 5.38. The molecule has 28 heavy (non-hydrogen) atoms. The van der Waals surface area contributed by atoms with E-state index in [0.29, 0.717) is 15.6 Å². The first kappa shape index (κ1) is 20.0. The summed E-state index contributed by atoms with van der Waals surface area (Å²) < 4.78 is 10.5. The van der Waals surface area contributed by atoms with Crippen LogP contribution in [-0.4, -0.2) is 17.9 Å². The normalized spacial score (nSPS) is 11.6. The lowest BCUT2D eigenvalue weighted by Gasteiger charge is -2.17. The van der Waals surface area contributed by atoms with E-state index in [1.807, 2.05) is 30.3 Å². The van der Waals surface area contributed by atoms with Crippen LogP contribution in [0.25, 0.3) is 0 Å². The summed E-state index contributed by atoms with van der Waals surface area (Å²) in [5.41, 5.74) is 1.58. The maximum absolute atomic E-state index is 12.7. The van der Waals surface area contributed by atoms with E-state index >= 15 is 0 Å². The van der Waals surface area contributed by atoms with E-state index in [9.17, 15) is 9.59 Å². The number of ether oxygens (including phenoxy) is 1. The second kappa shape index (κ2) is 9.44. The van der Waals surface area contributed by atoms with Crippen LogP contribution in [-0.2, 0) is 22.6 Å². The first-order valence-corrected chi connectivity index (χ1v) is 9.27. The Bertz CT molecular complexity index is 942. The summed E-state index contributed by atoms with van der Waals surface area (Å²) >= 11 is 11.9. The van der Waals surface area contributed by atoms with Crippen molar-refractivity contribution in [2.45, 2.75) is 19.1 Å². The van der Waals surface area contributed by atoms with Crippen molar-refractivity contribution in [3.05, 3.63) is 93.9 Å². The second-order valence-corrected chi connectivity index (χ2v) is 6.86. The third-order valence-electron chi connectivity index (χ3n) is 3.98. The van der Waals surface area contributed by atoms with Crippen LogP contribution in [0.1, 0.15) is 21.7 Å². The minimum absolute atomic E-state index is 0.0115. The highest BCUT2D eigenvalue weighted by Crippen LogP contribution is 2.23. The minimum atomic E-state index is -0.872. The Morgan fingerprint density at radius 2 is 1.75 bits per heavy atom. The molecule has 5 nitrogen and oxygen atoms in total. The van der Waals surface area contributed by atoms with E-state index in [0.717, 1.165) is 5.56 Å². The van der Waals surface area contributed by atoms with Gasteiger partial charge in [-0.25, -0.2) is 4.79 Å². The molecule has 0 saturated heterocycles. The number of carbonyl (C=O) groups excluding carboxylic acids is 2. The quantitative estimate of drug-likeness (QED) is 0.567. The molecule has 3 rings (SSSR count). The average molecular weight is 418 g/mol. The molecule has 1 unspecified atom stereocenters. The first-order valence-electron chi connectivity index (χ1n) is 8.52. The molecular weight excluding hydrogens is 401 g/mol. The van der Waals surface area contributed by atoms with Gasteiger partial charge in [-0.05, 0) is 35.4 Å². The van der Waals surface area contributed by atoms with Crippen LogP contribution < -0.4 is 5.32 Å². The number of hydrogen-bond donors (Lipinski definition) is 1. The molecule has 0 saturated carbocycles. The van der Waals surface area contributed by atoms with Crippen LogP contribution >= 0.6 is 23.2 Å². The standard InChI is InChI=1S/C21H17Cl2NO4/c22-16-9-8-15(11-17(16)23)13-28-21(26)18(12-14-5-2-1-3-6-14)24-20(25)19-7-4-10-27-19/h1-11,18H,12-13H2,(H,24,25).